The normalized spacial score (nSPS) is 18.8. The number of nitrogens with zero attached hydrogens (tertiary/aromatic N) is 7. The number of aromatic carboxylic acids is 1. The van der Waals surface area contributed by atoms with Crippen LogP contribution in [0.1, 0.15) is 136 Å². The van der Waals surface area contributed by atoms with Gasteiger partial charge in [0.15, 0.2) is 10.8 Å². The van der Waals surface area contributed by atoms with E-state index in [2.05, 4.69) is 45.4 Å². The molecule has 136 heavy (non-hydrogen) atoms. The number of imide groups is 1. The molecule has 2 aromatic heterocycles. The van der Waals surface area contributed by atoms with Gasteiger partial charge in [-0.05, 0) is 146 Å². The average Bonchev–Trinajstić information content (AvgIpc) is 1.15. The Labute approximate surface area is 801 Å². The van der Waals surface area contributed by atoms with Crippen LogP contribution in [0.15, 0.2) is 102 Å². The van der Waals surface area contributed by atoms with Crippen molar-refractivity contribution in [2.45, 2.75) is 130 Å². The molecule has 2 aliphatic heterocycles. The predicted octanol–water partition coefficient (Wildman–Crippen LogP) is 7.14. The minimum absolute atomic E-state index is 0.00257. The van der Waals surface area contributed by atoms with Crippen LogP contribution >= 0.6 is 11.3 Å². The van der Waals surface area contributed by atoms with Crippen LogP contribution in [-0.4, -0.2) is 323 Å². The van der Waals surface area contributed by atoms with Crippen molar-refractivity contribution in [1.29, 1.82) is 0 Å². The molecule has 5 aromatic rings. The van der Waals surface area contributed by atoms with Crippen molar-refractivity contribution in [3.8, 4) is 0 Å². The molecule has 4 heterocycles. The maximum absolute atomic E-state index is 14.2. The van der Waals surface area contributed by atoms with Crippen LogP contribution in [0.3, 0.4) is 0 Å². The van der Waals surface area contributed by atoms with Gasteiger partial charge in [0.05, 0.1) is 168 Å². The van der Waals surface area contributed by atoms with E-state index in [9.17, 15) is 57.3 Å². The number of carbonyl (C=O) groups excluding carboxylic acids is 9. The van der Waals surface area contributed by atoms with Gasteiger partial charge in [0.2, 0.25) is 29.4 Å². The highest BCUT2D eigenvalue weighted by Gasteiger charge is 2.66. The maximum Gasteiger partial charge on any atom is 0.460 e. The summed E-state index contributed by atoms with van der Waals surface area (Å²) in [5, 5.41) is 25.1. The molecule has 10 amide bonds. The number of aromatic nitrogens is 2. The summed E-state index contributed by atoms with van der Waals surface area (Å²) in [6, 6.07) is 20.1. The van der Waals surface area contributed by atoms with E-state index < -0.39 is 83.7 Å². The lowest BCUT2D eigenvalue weighted by molar-refractivity contribution is -0.242. The highest BCUT2D eigenvalue weighted by molar-refractivity contribution is 7.65. The van der Waals surface area contributed by atoms with Crippen molar-refractivity contribution in [2.75, 3.05) is 226 Å². The first kappa shape index (κ1) is 108. The number of carbonyl (C=O) groups is 10. The quantitative estimate of drug-likeness (QED) is 0.00829. The van der Waals surface area contributed by atoms with Crippen LogP contribution in [-0.2, 0) is 126 Å². The SMILES string of the molecule is COCCOCCOCCOCCOCCOCCOCCOCCOCCOCCOCCN(CCC(=O)N[C@H](C(=O)N[C@@H](CCCNC(N)=O)C(=O)Nc1ccc(COC(=O)N(CCOC23CC4(C)CC(C)(CC(CN=C(C)C(=CN)c5ccc(N6CCc7cccc(C(=O)Nc8nc9ccccc9s8)c7C6)nc5C(=O)O)(C4)C2)C3)CC[S+]=O)cc1)C(C)C)C(=O)CN1C(=O)C=CC1=O. The molecule has 3 aromatic carbocycles. The number of nitrogens with one attached hydrogen (secondary N) is 5. The monoisotopic (exact) mass is 1930 g/mol. The maximum atomic E-state index is 14.2. The fourth-order valence-corrected chi connectivity index (χ4v) is 19.8. The van der Waals surface area contributed by atoms with Gasteiger partial charge in [0.1, 0.15) is 31.1 Å². The summed E-state index contributed by atoms with van der Waals surface area (Å²) < 4.78 is 86.0. The van der Waals surface area contributed by atoms with E-state index in [0.717, 1.165) is 70.5 Å². The van der Waals surface area contributed by atoms with Crippen molar-refractivity contribution in [2.24, 2.45) is 38.6 Å². The lowest BCUT2D eigenvalue weighted by atomic mass is 9.39. The number of aliphatic imine (C=N–C) groups is 1. The summed E-state index contributed by atoms with van der Waals surface area (Å²) in [5.74, 6) is -5.48. The molecule has 4 aliphatic carbocycles. The summed E-state index contributed by atoms with van der Waals surface area (Å²) in [6.07, 6.45) is 8.43. The number of rotatable bonds is 65. The van der Waals surface area contributed by atoms with Gasteiger partial charge in [-0.15, -0.1) is 0 Å². The van der Waals surface area contributed by atoms with Crippen LogP contribution in [0.25, 0.3) is 15.8 Å². The number of thiazole rings is 1. The number of ether oxygens (including phenoxy) is 13. The van der Waals surface area contributed by atoms with Crippen LogP contribution < -0.4 is 43.0 Å². The lowest BCUT2D eigenvalue weighted by Gasteiger charge is -2.69. The fourth-order valence-electron chi connectivity index (χ4n) is 18.6. The predicted molar refractivity (Wildman–Crippen MR) is 508 cm³/mol. The molecule has 4 fully saturated rings. The van der Waals surface area contributed by atoms with Gasteiger partial charge in [-0.2, -0.15) is 0 Å². The molecule has 4 atom stereocenters. The third-order valence-electron chi connectivity index (χ3n) is 24.0. The van der Waals surface area contributed by atoms with Gasteiger partial charge in [-0.3, -0.25) is 48.8 Å². The zero-order valence-electron chi connectivity index (χ0n) is 78.7. The van der Waals surface area contributed by atoms with Crippen LogP contribution in [0, 0.1) is 22.2 Å². The molecular weight excluding hydrogens is 1800 g/mol. The number of allylic oxidation sites excluding steroid dienone is 1. The molecule has 744 valence electrons. The molecule has 0 spiro atoms. The Morgan fingerprint density at radius 2 is 1.24 bits per heavy atom. The van der Waals surface area contributed by atoms with E-state index >= 15 is 0 Å². The average molecular weight is 1940 g/mol. The smallest absolute Gasteiger partial charge is 0.460 e. The number of nitrogens with two attached hydrogens (primary N) is 2. The summed E-state index contributed by atoms with van der Waals surface area (Å²) in [4.78, 5) is 154. The third-order valence-corrected chi connectivity index (χ3v) is 25.3. The first-order valence-electron chi connectivity index (χ1n) is 46.2. The van der Waals surface area contributed by atoms with Crippen molar-refractivity contribution in [3.05, 3.63) is 131 Å². The Kier molecular flexibility index (Phi) is 43.6. The summed E-state index contributed by atoms with van der Waals surface area (Å²) in [7, 11) is 1.62. The largest absolute Gasteiger partial charge is 0.476 e. The van der Waals surface area contributed by atoms with E-state index in [0.29, 0.717) is 201 Å². The minimum atomic E-state index is -1.24. The Morgan fingerprint density at radius 3 is 1.80 bits per heavy atom. The molecule has 41 heteroatoms. The van der Waals surface area contributed by atoms with Crippen molar-refractivity contribution < 1.29 is 119 Å². The molecule has 11 rings (SSSR count). The molecule has 4 bridgehead atoms. The van der Waals surface area contributed by atoms with E-state index in [1.807, 2.05) is 48.2 Å². The van der Waals surface area contributed by atoms with Crippen LogP contribution in [0.2, 0.25) is 0 Å². The number of carboxylic acids is 1. The Bertz CT molecular complexity index is 4820. The van der Waals surface area contributed by atoms with Crippen molar-refractivity contribution >= 4 is 121 Å². The first-order valence-corrected chi connectivity index (χ1v) is 48.0. The van der Waals surface area contributed by atoms with E-state index in [-0.39, 0.29) is 125 Å². The number of hydrogen-bond donors (Lipinski definition) is 8. The number of pyridine rings is 1. The molecule has 39 nitrogen and oxygen atoms in total. The number of hydrogen-bond acceptors (Lipinski definition) is 30. The Hall–Kier alpha value is -10.5. The molecule has 10 N–H and O–H groups in total. The second-order valence-electron chi connectivity index (χ2n) is 35.3. The number of methoxy groups -OCH3 is 1. The number of amides is 10. The van der Waals surface area contributed by atoms with E-state index in [4.69, 9.17) is 83.0 Å². The van der Waals surface area contributed by atoms with Crippen molar-refractivity contribution in [1.82, 2.24) is 40.6 Å². The highest BCUT2D eigenvalue weighted by Crippen LogP contribution is 2.72. The number of urea groups is 1. The molecular formula is C95H133N14O25S2+. The number of para-hydroxylation sites is 1. The van der Waals surface area contributed by atoms with Crippen molar-refractivity contribution in [3.63, 3.8) is 0 Å². The van der Waals surface area contributed by atoms with E-state index in [1.54, 1.807) is 63.4 Å². The third kappa shape index (κ3) is 34.0. The topological polar surface area (TPSA) is 491 Å². The number of primary amides is 1. The number of fused-ring (bicyclic) bond motifs is 2. The molecule has 4 saturated carbocycles. The molecule has 0 saturated heterocycles. The summed E-state index contributed by atoms with van der Waals surface area (Å²) in [6.45, 7) is 18.6. The van der Waals surface area contributed by atoms with Gasteiger partial charge < -0.3 is 114 Å². The number of anilines is 3. The Morgan fingerprint density at radius 1 is 0.647 bits per heavy atom. The standard InChI is InChI=1S/C95H132N14O25S2/c1-66(2)83(104-79(110)25-28-106(82(113)57-109-80(111)22-23-81(109)112)29-32-123-36-37-125-40-41-127-44-45-129-48-49-131-52-53-132-51-50-130-47-46-128-43-42-126-39-38-124-35-34-122-6)87(116)101-76(14-10-26-98-89(97)119)86(115)100-70-18-16-68(17-19-70)58-133-91(120)107(31-54-135-121)30-33-134-95-62-92(4)59-93(5,63-95)61-94(60-92,64-95)65-99-67(3)73(55-96)71-20-21-78(103-84(71)88(117)118)108-27-24-69-11-9-12-72(74(69)56-108)85(114)105-90-102-75-13-7-8-15-77(75)136-90/h7-9,11-13,15-23,55,66,76,83H,10,14,24-54,56-65H2,1-6H3,(H9-,96,97,98,99,100,101,102,104,105,110,114,115,116,117,118,119)/p+1/t76-,83-,92?,93?,94?,95?/m0/s1. The minimum Gasteiger partial charge on any atom is -0.476 e. The van der Waals surface area contributed by atoms with E-state index in [1.165, 1.54) is 27.3 Å². The van der Waals surface area contributed by atoms with Gasteiger partial charge >= 0.3 is 29.8 Å². The number of benzene rings is 3. The summed E-state index contributed by atoms with van der Waals surface area (Å²) in [5.41, 5.74) is 15.8. The fraction of sp³-hybridized carbons (Fsp3) is 0.589. The zero-order chi connectivity index (χ0) is 97.3. The molecule has 0 radical (unpaired) electrons. The van der Waals surface area contributed by atoms with Crippen LogP contribution in [0.5, 0.6) is 0 Å². The second-order valence-corrected chi connectivity index (χ2v) is 37.0. The highest BCUT2D eigenvalue weighted by atomic mass is 32.1. The number of carboxylic acid groups (broad SMARTS) is 1. The second kappa shape index (κ2) is 55.2. The summed E-state index contributed by atoms with van der Waals surface area (Å²) >= 11 is 1.74. The van der Waals surface area contributed by atoms with Gasteiger partial charge in [-0.1, -0.05) is 75.4 Å². The molecule has 6 aliphatic rings. The zero-order valence-corrected chi connectivity index (χ0v) is 80.4. The van der Waals surface area contributed by atoms with Gasteiger partial charge in [0.25, 0.3) is 17.7 Å². The molecule has 2 unspecified atom stereocenters. The first-order chi connectivity index (χ1) is 65.6. The lowest BCUT2D eigenvalue weighted by Crippen LogP contribution is -2.64. The Balaban J connectivity index is 0.639. The van der Waals surface area contributed by atoms with Crippen LogP contribution in [0.4, 0.5) is 26.2 Å². The van der Waals surface area contributed by atoms with Gasteiger partial charge in [0, 0.05) is 110 Å². The van der Waals surface area contributed by atoms with Gasteiger partial charge in [-0.25, -0.2) is 24.4 Å².